The number of benzene rings is 1. The molecule has 0 saturated heterocycles. The molecule has 18 heavy (non-hydrogen) atoms. The molecule has 0 atom stereocenters. The van der Waals surface area contributed by atoms with E-state index in [9.17, 15) is 9.59 Å². The number of thioether (sulfide) groups is 1. The molecule has 0 heterocycles. The van der Waals surface area contributed by atoms with Crippen molar-refractivity contribution in [3.8, 4) is 0 Å². The van der Waals surface area contributed by atoms with E-state index >= 15 is 0 Å². The van der Waals surface area contributed by atoms with Crippen molar-refractivity contribution in [2.75, 3.05) is 19.4 Å². The third-order valence-corrected chi connectivity index (χ3v) is 3.02. The highest BCUT2D eigenvalue weighted by Gasteiger charge is 2.05. The molecule has 1 aromatic carbocycles. The van der Waals surface area contributed by atoms with Crippen molar-refractivity contribution in [2.24, 2.45) is 5.11 Å². The second-order valence-electron chi connectivity index (χ2n) is 3.20. The van der Waals surface area contributed by atoms with Gasteiger partial charge < -0.3 is 4.74 Å². The number of Topliss-reactive ketones (excluding diaryl/α,β-unsaturated/α-hetero) is 1. The second kappa shape index (κ2) is 7.37. The Morgan fingerprint density at radius 3 is 2.61 bits per heavy atom. The fraction of sp³-hybridized carbons (Fsp3) is 0.273. The Balaban J connectivity index is 2.59. The second-order valence-corrected chi connectivity index (χ2v) is 4.25. The van der Waals surface area contributed by atoms with Crippen LogP contribution in [0.25, 0.3) is 10.4 Å². The average molecular weight is 265 g/mol. The van der Waals surface area contributed by atoms with E-state index in [1.807, 2.05) is 0 Å². The van der Waals surface area contributed by atoms with Crippen molar-refractivity contribution < 1.29 is 14.3 Å². The molecule has 0 aliphatic rings. The highest BCUT2D eigenvalue weighted by molar-refractivity contribution is 8.00. The molecule has 0 saturated carbocycles. The van der Waals surface area contributed by atoms with Gasteiger partial charge in [0.1, 0.15) is 0 Å². The van der Waals surface area contributed by atoms with Crippen LogP contribution in [0, 0.1) is 0 Å². The molecule has 0 spiro atoms. The number of hydrogen-bond acceptors (Lipinski definition) is 5. The van der Waals surface area contributed by atoms with Gasteiger partial charge in [-0.1, -0.05) is 17.2 Å². The summed E-state index contributed by atoms with van der Waals surface area (Å²) in [5, 5.41) is 3.21. The Hall–Kier alpha value is -1.98. The normalized spacial score (nSPS) is 9.39. The van der Waals surface area contributed by atoms with Crippen molar-refractivity contribution >= 4 is 23.5 Å². The first-order chi connectivity index (χ1) is 8.67. The standard InChI is InChI=1S/C11H11N3O3S/c1-17-11(16)7-18-9-4-2-8(3-5-9)10(15)6-13-14-12/h2-5H,6-7H2,1H3. The van der Waals surface area contributed by atoms with E-state index in [0.717, 1.165) is 4.90 Å². The van der Waals surface area contributed by atoms with E-state index in [1.165, 1.54) is 18.9 Å². The molecule has 0 bridgehead atoms. The summed E-state index contributed by atoms with van der Waals surface area (Å²) in [6.45, 7) is -0.189. The zero-order chi connectivity index (χ0) is 13.4. The van der Waals surface area contributed by atoms with Crippen LogP contribution in [0.1, 0.15) is 10.4 Å². The van der Waals surface area contributed by atoms with E-state index in [2.05, 4.69) is 14.8 Å². The van der Waals surface area contributed by atoms with Crippen LogP contribution >= 0.6 is 11.8 Å². The van der Waals surface area contributed by atoms with Gasteiger partial charge in [-0.15, -0.1) is 11.8 Å². The molecule has 0 unspecified atom stereocenters. The SMILES string of the molecule is COC(=O)CSc1ccc(C(=O)CN=[N+]=[N-])cc1. The lowest BCUT2D eigenvalue weighted by Crippen LogP contribution is -2.03. The number of ether oxygens (including phenoxy) is 1. The van der Waals surface area contributed by atoms with Crippen molar-refractivity contribution in [1.82, 2.24) is 0 Å². The Kier molecular flexibility index (Phi) is 5.76. The minimum absolute atomic E-state index is 0.189. The van der Waals surface area contributed by atoms with Crippen LogP contribution < -0.4 is 0 Å². The minimum Gasteiger partial charge on any atom is -0.468 e. The molecule has 1 rings (SSSR count). The third-order valence-electron chi connectivity index (χ3n) is 2.04. The summed E-state index contributed by atoms with van der Waals surface area (Å²) in [7, 11) is 1.33. The van der Waals surface area contributed by atoms with Crippen LogP contribution in [0.3, 0.4) is 0 Å². The molecule has 0 aliphatic carbocycles. The van der Waals surface area contributed by atoms with Crippen LogP contribution in [0.4, 0.5) is 0 Å². The zero-order valence-electron chi connectivity index (χ0n) is 9.70. The molecule has 6 nitrogen and oxygen atoms in total. The molecule has 0 N–H and O–H groups in total. The fourth-order valence-electron chi connectivity index (χ4n) is 1.13. The third kappa shape index (κ3) is 4.48. The van der Waals surface area contributed by atoms with Gasteiger partial charge in [0.2, 0.25) is 0 Å². The van der Waals surface area contributed by atoms with Gasteiger partial charge in [-0.2, -0.15) is 0 Å². The molecular formula is C11H11N3O3S. The first kappa shape index (κ1) is 14.1. The van der Waals surface area contributed by atoms with E-state index < -0.39 is 0 Å². The first-order valence-electron chi connectivity index (χ1n) is 5.01. The summed E-state index contributed by atoms with van der Waals surface area (Å²) >= 11 is 1.32. The van der Waals surface area contributed by atoms with E-state index in [0.29, 0.717) is 5.56 Å². The molecule has 7 heteroatoms. The van der Waals surface area contributed by atoms with Crippen LogP contribution in [-0.4, -0.2) is 31.2 Å². The number of esters is 1. The quantitative estimate of drug-likeness (QED) is 0.197. The number of hydrogen-bond donors (Lipinski definition) is 0. The topological polar surface area (TPSA) is 92.1 Å². The van der Waals surface area contributed by atoms with Crippen LogP contribution in [0.5, 0.6) is 0 Å². The summed E-state index contributed by atoms with van der Waals surface area (Å²) in [5.74, 6) is -0.316. The highest BCUT2D eigenvalue weighted by Crippen LogP contribution is 2.18. The van der Waals surface area contributed by atoms with Crippen LogP contribution in [-0.2, 0) is 9.53 Å². The monoisotopic (exact) mass is 265 g/mol. The molecule has 0 fully saturated rings. The van der Waals surface area contributed by atoms with Gasteiger partial charge in [0, 0.05) is 15.4 Å². The van der Waals surface area contributed by atoms with Crippen LogP contribution in [0.15, 0.2) is 34.3 Å². The van der Waals surface area contributed by atoms with E-state index in [1.54, 1.807) is 24.3 Å². The van der Waals surface area contributed by atoms with E-state index in [4.69, 9.17) is 5.53 Å². The number of methoxy groups -OCH3 is 1. The van der Waals surface area contributed by atoms with Gasteiger partial charge in [-0.05, 0) is 17.7 Å². The van der Waals surface area contributed by atoms with Crippen molar-refractivity contribution in [3.63, 3.8) is 0 Å². The average Bonchev–Trinajstić information content (AvgIpc) is 2.42. The summed E-state index contributed by atoms with van der Waals surface area (Å²) in [5.41, 5.74) is 8.59. The Labute approximate surface area is 108 Å². The molecule has 94 valence electrons. The Morgan fingerprint density at radius 2 is 2.06 bits per heavy atom. The fourth-order valence-corrected chi connectivity index (χ4v) is 1.86. The number of carbonyl (C=O) groups excluding carboxylic acids is 2. The number of ketones is 1. The van der Waals surface area contributed by atoms with Gasteiger partial charge in [-0.3, -0.25) is 9.59 Å². The lowest BCUT2D eigenvalue weighted by atomic mass is 10.1. The van der Waals surface area contributed by atoms with E-state index in [-0.39, 0.29) is 24.1 Å². The predicted octanol–water partition coefficient (Wildman–Crippen LogP) is 2.44. The van der Waals surface area contributed by atoms with Gasteiger partial charge in [0.15, 0.2) is 5.78 Å². The molecule has 0 aliphatic heterocycles. The molecule has 1 aromatic rings. The van der Waals surface area contributed by atoms with Gasteiger partial charge in [0.25, 0.3) is 0 Å². The van der Waals surface area contributed by atoms with Crippen molar-refractivity contribution in [1.29, 1.82) is 0 Å². The lowest BCUT2D eigenvalue weighted by Gasteiger charge is -2.02. The number of nitrogens with zero attached hydrogens (tertiary/aromatic N) is 3. The van der Waals surface area contributed by atoms with Crippen LogP contribution in [0.2, 0.25) is 0 Å². The van der Waals surface area contributed by atoms with Gasteiger partial charge in [0.05, 0.1) is 19.4 Å². The summed E-state index contributed by atoms with van der Waals surface area (Å²) in [4.78, 5) is 25.8. The van der Waals surface area contributed by atoms with Crippen molar-refractivity contribution in [3.05, 3.63) is 40.3 Å². The molecule has 0 radical (unpaired) electrons. The maximum Gasteiger partial charge on any atom is 0.315 e. The first-order valence-corrected chi connectivity index (χ1v) is 5.99. The zero-order valence-corrected chi connectivity index (χ0v) is 10.5. The number of rotatable bonds is 6. The molecular weight excluding hydrogens is 254 g/mol. The number of azide groups is 1. The minimum atomic E-state index is -0.302. The largest absolute Gasteiger partial charge is 0.468 e. The highest BCUT2D eigenvalue weighted by atomic mass is 32.2. The number of carbonyl (C=O) groups is 2. The van der Waals surface area contributed by atoms with Crippen molar-refractivity contribution in [2.45, 2.75) is 4.90 Å². The summed E-state index contributed by atoms with van der Waals surface area (Å²) in [6, 6.07) is 6.73. The Morgan fingerprint density at radius 1 is 1.39 bits per heavy atom. The Bertz CT molecular complexity index is 481. The summed E-state index contributed by atoms with van der Waals surface area (Å²) in [6.07, 6.45) is 0. The predicted molar refractivity (Wildman–Crippen MR) is 67.5 cm³/mol. The molecule has 0 amide bonds. The maximum atomic E-state index is 11.5. The van der Waals surface area contributed by atoms with Gasteiger partial charge >= 0.3 is 5.97 Å². The smallest absolute Gasteiger partial charge is 0.315 e. The molecule has 0 aromatic heterocycles. The lowest BCUT2D eigenvalue weighted by molar-refractivity contribution is -0.137. The summed E-state index contributed by atoms with van der Waals surface area (Å²) < 4.78 is 4.52. The maximum absolute atomic E-state index is 11.5. The van der Waals surface area contributed by atoms with Gasteiger partial charge in [-0.25, -0.2) is 0 Å².